The van der Waals surface area contributed by atoms with Crippen LogP contribution in [0.2, 0.25) is 0 Å². The minimum absolute atomic E-state index is 0.0834. The van der Waals surface area contributed by atoms with Crippen LogP contribution >= 0.6 is 0 Å². The van der Waals surface area contributed by atoms with Crippen LogP contribution in [0.15, 0.2) is 24.3 Å². The fourth-order valence-corrected chi connectivity index (χ4v) is 3.08. The smallest absolute Gasteiger partial charge is 0.263 e. The van der Waals surface area contributed by atoms with Crippen molar-refractivity contribution in [2.75, 3.05) is 18.0 Å². The monoisotopic (exact) mass is 403 g/mol. The molecule has 0 spiro atoms. The fraction of sp³-hybridized carbons (Fsp3) is 0.591. The van der Waals surface area contributed by atoms with Gasteiger partial charge >= 0.3 is 0 Å². The first-order chi connectivity index (χ1) is 13.7. The lowest BCUT2D eigenvalue weighted by atomic mass is 9.96. The molecular weight excluding hydrogens is 370 g/mol. The van der Waals surface area contributed by atoms with E-state index < -0.39 is 11.5 Å². The zero-order valence-electron chi connectivity index (χ0n) is 18.1. The Morgan fingerprint density at radius 2 is 1.83 bits per heavy atom. The van der Waals surface area contributed by atoms with Crippen molar-refractivity contribution >= 4 is 23.4 Å². The Bertz CT molecular complexity index is 738. The summed E-state index contributed by atoms with van der Waals surface area (Å²) in [6.45, 7) is 9.91. The molecule has 2 rings (SSSR count). The quantitative estimate of drug-likeness (QED) is 0.733. The maximum atomic E-state index is 12.9. The second-order valence-corrected chi connectivity index (χ2v) is 8.36. The summed E-state index contributed by atoms with van der Waals surface area (Å²) in [6.07, 6.45) is 1.05. The van der Waals surface area contributed by atoms with E-state index in [2.05, 4.69) is 10.6 Å². The Labute approximate surface area is 173 Å². The number of rotatable bonds is 7. The maximum Gasteiger partial charge on any atom is 0.263 e. The van der Waals surface area contributed by atoms with Gasteiger partial charge in [-0.25, -0.2) is 0 Å². The van der Waals surface area contributed by atoms with Gasteiger partial charge in [-0.05, 0) is 25.0 Å². The van der Waals surface area contributed by atoms with E-state index in [0.29, 0.717) is 11.4 Å². The van der Waals surface area contributed by atoms with Crippen LogP contribution in [-0.2, 0) is 14.4 Å². The number of para-hydroxylation sites is 2. The summed E-state index contributed by atoms with van der Waals surface area (Å²) in [4.78, 5) is 39.2. The number of amides is 3. The summed E-state index contributed by atoms with van der Waals surface area (Å²) in [5.41, 5.74) is 0.138. The van der Waals surface area contributed by atoms with Crippen LogP contribution in [0.5, 0.6) is 5.75 Å². The van der Waals surface area contributed by atoms with Gasteiger partial charge in [0.2, 0.25) is 11.8 Å². The second-order valence-electron chi connectivity index (χ2n) is 8.36. The molecule has 1 aromatic rings. The summed E-state index contributed by atoms with van der Waals surface area (Å²) in [5, 5.41) is 5.79. The van der Waals surface area contributed by atoms with E-state index in [-0.39, 0.29) is 43.3 Å². The predicted molar refractivity (Wildman–Crippen MR) is 113 cm³/mol. The Balaban J connectivity index is 2.08. The van der Waals surface area contributed by atoms with Crippen LogP contribution in [0.3, 0.4) is 0 Å². The van der Waals surface area contributed by atoms with Crippen molar-refractivity contribution in [3.05, 3.63) is 24.3 Å². The maximum absolute atomic E-state index is 12.9. The molecule has 0 saturated carbocycles. The molecule has 1 unspecified atom stereocenters. The van der Waals surface area contributed by atoms with Crippen molar-refractivity contribution in [2.24, 2.45) is 5.41 Å². The molecule has 3 amide bonds. The number of hydrogen-bond acceptors (Lipinski definition) is 4. The minimum atomic E-state index is -0.765. The molecule has 1 aromatic carbocycles. The van der Waals surface area contributed by atoms with Gasteiger partial charge in [-0.2, -0.15) is 0 Å². The van der Waals surface area contributed by atoms with Crippen LogP contribution in [0.25, 0.3) is 0 Å². The Morgan fingerprint density at radius 1 is 1.17 bits per heavy atom. The highest BCUT2D eigenvalue weighted by Crippen LogP contribution is 2.33. The number of anilines is 1. The van der Waals surface area contributed by atoms with E-state index in [1.165, 1.54) is 0 Å². The third-order valence-corrected chi connectivity index (χ3v) is 5.00. The van der Waals surface area contributed by atoms with E-state index in [1.54, 1.807) is 17.0 Å². The van der Waals surface area contributed by atoms with Crippen molar-refractivity contribution < 1.29 is 19.1 Å². The number of benzene rings is 1. The van der Waals surface area contributed by atoms with Crippen LogP contribution in [0.1, 0.15) is 53.9 Å². The molecule has 160 valence electrons. The number of ether oxygens (including phenoxy) is 1. The van der Waals surface area contributed by atoms with Crippen molar-refractivity contribution in [3.63, 3.8) is 0 Å². The Morgan fingerprint density at radius 3 is 2.45 bits per heavy atom. The molecule has 0 radical (unpaired) electrons. The number of nitrogens with one attached hydrogen (secondary N) is 2. The summed E-state index contributed by atoms with van der Waals surface area (Å²) in [6, 6.07) is 7.28. The molecule has 1 heterocycles. The number of carbonyl (C=O) groups excluding carboxylic acids is 3. The van der Waals surface area contributed by atoms with Crippen molar-refractivity contribution in [1.29, 1.82) is 0 Å². The third kappa shape index (κ3) is 5.95. The highest BCUT2D eigenvalue weighted by Gasteiger charge is 2.34. The van der Waals surface area contributed by atoms with E-state index in [9.17, 15) is 14.4 Å². The molecule has 0 aliphatic carbocycles. The summed E-state index contributed by atoms with van der Waals surface area (Å²) < 4.78 is 5.88. The lowest BCUT2D eigenvalue weighted by Gasteiger charge is -2.35. The fourth-order valence-electron chi connectivity index (χ4n) is 3.08. The number of hydrogen-bond donors (Lipinski definition) is 2. The molecule has 0 aromatic heterocycles. The first-order valence-electron chi connectivity index (χ1n) is 10.3. The predicted octanol–water partition coefficient (Wildman–Crippen LogP) is 2.64. The molecule has 0 fully saturated rings. The number of nitrogens with zero attached hydrogens (tertiary/aromatic N) is 1. The third-order valence-electron chi connectivity index (χ3n) is 5.00. The zero-order chi connectivity index (χ0) is 21.6. The topological polar surface area (TPSA) is 87.7 Å². The van der Waals surface area contributed by atoms with Gasteiger partial charge in [-0.3, -0.25) is 14.4 Å². The van der Waals surface area contributed by atoms with Gasteiger partial charge in [0.1, 0.15) is 5.75 Å². The van der Waals surface area contributed by atoms with E-state index in [0.717, 1.165) is 12.8 Å². The highest BCUT2D eigenvalue weighted by atomic mass is 16.5. The summed E-state index contributed by atoms with van der Waals surface area (Å²) in [5.74, 6) is 0.0351. The van der Waals surface area contributed by atoms with E-state index in [1.807, 2.05) is 46.8 Å². The van der Waals surface area contributed by atoms with E-state index >= 15 is 0 Å². The zero-order valence-corrected chi connectivity index (χ0v) is 18.1. The van der Waals surface area contributed by atoms with E-state index in [4.69, 9.17) is 4.74 Å². The molecule has 7 heteroatoms. The molecule has 1 atom stereocenters. The Kier molecular flexibility index (Phi) is 7.65. The second kappa shape index (κ2) is 9.76. The summed E-state index contributed by atoms with van der Waals surface area (Å²) in [7, 11) is 0. The molecule has 7 nitrogen and oxygen atoms in total. The van der Waals surface area contributed by atoms with Crippen molar-refractivity contribution in [1.82, 2.24) is 10.6 Å². The van der Waals surface area contributed by atoms with Crippen molar-refractivity contribution in [3.8, 4) is 5.75 Å². The normalized spacial score (nSPS) is 16.1. The van der Waals surface area contributed by atoms with Gasteiger partial charge in [-0.15, -0.1) is 0 Å². The van der Waals surface area contributed by atoms with Gasteiger partial charge in [0, 0.05) is 24.4 Å². The van der Waals surface area contributed by atoms with Crippen molar-refractivity contribution in [2.45, 2.75) is 66.0 Å². The van der Waals surface area contributed by atoms with Crippen LogP contribution in [0, 0.1) is 5.41 Å². The first kappa shape index (κ1) is 22.7. The first-order valence-corrected chi connectivity index (χ1v) is 10.3. The number of carbonyl (C=O) groups is 3. The largest absolute Gasteiger partial charge is 0.477 e. The SMILES string of the molecule is CCC(CC)NC(=O)C1CN(C(=O)CCNC(=O)C(C)(C)C)c2ccccc2O1. The average Bonchev–Trinajstić information content (AvgIpc) is 2.69. The van der Waals surface area contributed by atoms with Gasteiger partial charge < -0.3 is 20.3 Å². The van der Waals surface area contributed by atoms with Crippen LogP contribution < -0.4 is 20.3 Å². The molecule has 0 bridgehead atoms. The highest BCUT2D eigenvalue weighted by molar-refractivity contribution is 5.97. The standard InChI is InChI=1S/C22H33N3O4/c1-6-15(7-2)24-20(27)18-14-25(16-10-8-9-11-17(16)29-18)19(26)12-13-23-21(28)22(3,4)5/h8-11,15,18H,6-7,12-14H2,1-5H3,(H,23,28)(H,24,27). The lowest BCUT2D eigenvalue weighted by Crippen LogP contribution is -2.52. The molecule has 2 N–H and O–H groups in total. The summed E-state index contributed by atoms with van der Waals surface area (Å²) >= 11 is 0. The molecule has 1 aliphatic rings. The van der Waals surface area contributed by atoms with Gasteiger partial charge in [0.25, 0.3) is 5.91 Å². The molecular formula is C22H33N3O4. The Hall–Kier alpha value is -2.57. The van der Waals surface area contributed by atoms with Crippen LogP contribution in [-0.4, -0.2) is 43.0 Å². The van der Waals surface area contributed by atoms with Gasteiger partial charge in [0.15, 0.2) is 6.10 Å². The van der Waals surface area contributed by atoms with Crippen LogP contribution in [0.4, 0.5) is 5.69 Å². The lowest BCUT2D eigenvalue weighted by molar-refractivity contribution is -0.129. The number of fused-ring (bicyclic) bond motifs is 1. The molecule has 29 heavy (non-hydrogen) atoms. The molecule has 1 aliphatic heterocycles. The van der Waals surface area contributed by atoms with Gasteiger partial charge in [-0.1, -0.05) is 46.8 Å². The van der Waals surface area contributed by atoms with Gasteiger partial charge in [0.05, 0.1) is 12.2 Å². The minimum Gasteiger partial charge on any atom is -0.477 e. The average molecular weight is 404 g/mol. The molecule has 0 saturated heterocycles.